The van der Waals surface area contributed by atoms with Gasteiger partial charge < -0.3 is 10.2 Å². The van der Waals surface area contributed by atoms with Gasteiger partial charge in [-0.25, -0.2) is 5.10 Å². The molecule has 2 unspecified atom stereocenters. The van der Waals surface area contributed by atoms with E-state index in [0.717, 1.165) is 32.5 Å². The van der Waals surface area contributed by atoms with E-state index in [1.165, 1.54) is 12.1 Å². The van der Waals surface area contributed by atoms with Crippen LogP contribution in [-0.2, 0) is 0 Å². The summed E-state index contributed by atoms with van der Waals surface area (Å²) in [6, 6.07) is 3.30. The third-order valence-corrected chi connectivity index (χ3v) is 3.91. The molecule has 1 aromatic heterocycles. The Balaban J connectivity index is 2.05. The predicted octanol–water partition coefficient (Wildman–Crippen LogP) is 0.620. The number of nitrogens with one attached hydrogen (secondary N) is 2. The van der Waals surface area contributed by atoms with Gasteiger partial charge in [0.2, 0.25) is 0 Å². The second kappa shape index (κ2) is 6.65. The molecule has 1 aliphatic rings. The summed E-state index contributed by atoms with van der Waals surface area (Å²) in [7, 11) is 0. The van der Waals surface area contributed by atoms with Gasteiger partial charge in [-0.2, -0.15) is 5.10 Å². The van der Waals surface area contributed by atoms with E-state index >= 15 is 0 Å². The van der Waals surface area contributed by atoms with Gasteiger partial charge in [-0.05, 0) is 24.9 Å². The van der Waals surface area contributed by atoms with Crippen molar-refractivity contribution < 1.29 is 4.79 Å². The molecule has 2 atom stereocenters. The molecule has 1 aromatic rings. The van der Waals surface area contributed by atoms with E-state index in [1.807, 2.05) is 4.90 Å². The van der Waals surface area contributed by atoms with Crippen LogP contribution in [0.2, 0.25) is 0 Å². The Morgan fingerprint density at radius 2 is 2.30 bits per heavy atom. The zero-order chi connectivity index (χ0) is 14.5. The molecule has 1 saturated heterocycles. The van der Waals surface area contributed by atoms with Gasteiger partial charge in [-0.15, -0.1) is 0 Å². The molecule has 2 N–H and O–H groups in total. The minimum Gasteiger partial charge on any atom is -0.337 e. The summed E-state index contributed by atoms with van der Waals surface area (Å²) in [6.45, 7) is 6.69. The summed E-state index contributed by atoms with van der Waals surface area (Å²) < 4.78 is 0. The Bertz CT molecular complexity index is 494. The van der Waals surface area contributed by atoms with Crippen molar-refractivity contribution in [2.75, 3.05) is 19.6 Å². The van der Waals surface area contributed by atoms with E-state index in [2.05, 4.69) is 29.4 Å². The maximum atomic E-state index is 12.4. The van der Waals surface area contributed by atoms with Crippen LogP contribution in [0.25, 0.3) is 0 Å². The average Bonchev–Trinajstić information content (AvgIpc) is 2.48. The first-order chi connectivity index (χ1) is 9.65. The molecule has 1 aliphatic heterocycles. The summed E-state index contributed by atoms with van der Waals surface area (Å²) in [6.07, 6.45) is 2.00. The summed E-state index contributed by atoms with van der Waals surface area (Å²) >= 11 is 0. The van der Waals surface area contributed by atoms with Crippen molar-refractivity contribution in [3.8, 4) is 0 Å². The van der Waals surface area contributed by atoms with Crippen LogP contribution in [0, 0.1) is 5.92 Å². The van der Waals surface area contributed by atoms with Crippen molar-refractivity contribution in [3.63, 3.8) is 0 Å². The number of amides is 1. The Morgan fingerprint density at radius 1 is 1.50 bits per heavy atom. The predicted molar refractivity (Wildman–Crippen MR) is 76.6 cm³/mol. The van der Waals surface area contributed by atoms with Crippen LogP contribution in [0.4, 0.5) is 0 Å². The second-order valence-electron chi connectivity index (χ2n) is 5.18. The summed E-state index contributed by atoms with van der Waals surface area (Å²) in [4.78, 5) is 25.2. The Labute approximate surface area is 118 Å². The first-order valence-electron chi connectivity index (χ1n) is 7.24. The van der Waals surface area contributed by atoms with E-state index in [-0.39, 0.29) is 11.5 Å². The highest BCUT2D eigenvalue weighted by Crippen LogP contribution is 2.21. The number of carbonyl (C=O) groups excluding carboxylic acids is 1. The number of likely N-dealkylation sites (tertiary alicyclic amines) is 1. The summed E-state index contributed by atoms with van der Waals surface area (Å²) in [5.74, 6) is 0.366. The van der Waals surface area contributed by atoms with Crippen LogP contribution in [0.3, 0.4) is 0 Å². The van der Waals surface area contributed by atoms with Crippen molar-refractivity contribution in [2.24, 2.45) is 5.92 Å². The monoisotopic (exact) mass is 278 g/mol. The molecule has 0 radical (unpaired) electrons. The normalized spacial score (nSPS) is 22.8. The fourth-order valence-electron chi connectivity index (χ4n) is 2.79. The Kier molecular flexibility index (Phi) is 4.89. The standard InChI is InChI=1S/C14H22N4O2/c1-3-10-9-18(8-7-11(10)15-4-2)14(20)12-5-6-13(19)17-16-12/h5-6,10-11,15H,3-4,7-9H2,1-2H3,(H,17,19). The second-order valence-corrected chi connectivity index (χ2v) is 5.18. The minimum atomic E-state index is -0.293. The quantitative estimate of drug-likeness (QED) is 0.846. The lowest BCUT2D eigenvalue weighted by molar-refractivity contribution is 0.0621. The van der Waals surface area contributed by atoms with E-state index < -0.39 is 0 Å². The lowest BCUT2D eigenvalue weighted by Gasteiger charge is -2.38. The molecule has 6 heteroatoms. The lowest BCUT2D eigenvalue weighted by Crippen LogP contribution is -2.51. The zero-order valence-electron chi connectivity index (χ0n) is 12.1. The minimum absolute atomic E-state index is 0.102. The van der Waals surface area contributed by atoms with Crippen LogP contribution in [-0.4, -0.2) is 46.7 Å². The molecule has 110 valence electrons. The molecule has 1 fully saturated rings. The number of aromatic nitrogens is 2. The van der Waals surface area contributed by atoms with Crippen molar-refractivity contribution in [3.05, 3.63) is 28.2 Å². The summed E-state index contributed by atoms with van der Waals surface area (Å²) in [5, 5.41) is 9.62. The number of hydrogen-bond donors (Lipinski definition) is 2. The van der Waals surface area contributed by atoms with E-state index in [9.17, 15) is 9.59 Å². The first kappa shape index (κ1) is 14.7. The van der Waals surface area contributed by atoms with Gasteiger partial charge in [0.15, 0.2) is 0 Å². The van der Waals surface area contributed by atoms with Crippen LogP contribution in [0.5, 0.6) is 0 Å². The lowest BCUT2D eigenvalue weighted by atomic mass is 9.89. The molecule has 6 nitrogen and oxygen atoms in total. The highest BCUT2D eigenvalue weighted by molar-refractivity contribution is 5.92. The van der Waals surface area contributed by atoms with E-state index in [4.69, 9.17) is 0 Å². The highest BCUT2D eigenvalue weighted by Gasteiger charge is 2.30. The molecule has 1 amide bonds. The number of aromatic amines is 1. The van der Waals surface area contributed by atoms with Gasteiger partial charge in [0.1, 0.15) is 5.69 Å². The van der Waals surface area contributed by atoms with E-state index in [0.29, 0.717) is 17.7 Å². The molecular weight excluding hydrogens is 256 g/mol. The van der Waals surface area contributed by atoms with Gasteiger partial charge in [-0.1, -0.05) is 20.3 Å². The van der Waals surface area contributed by atoms with Crippen molar-refractivity contribution in [2.45, 2.75) is 32.7 Å². The van der Waals surface area contributed by atoms with Crippen molar-refractivity contribution in [1.29, 1.82) is 0 Å². The molecule has 0 bridgehead atoms. The molecule has 0 aromatic carbocycles. The smallest absolute Gasteiger partial charge is 0.274 e. The fourth-order valence-corrected chi connectivity index (χ4v) is 2.79. The molecular formula is C14H22N4O2. The van der Waals surface area contributed by atoms with Gasteiger partial charge in [-0.3, -0.25) is 9.59 Å². The maximum absolute atomic E-state index is 12.4. The third kappa shape index (κ3) is 3.25. The number of rotatable bonds is 4. The van der Waals surface area contributed by atoms with E-state index in [1.54, 1.807) is 0 Å². The van der Waals surface area contributed by atoms with Crippen LogP contribution in [0.15, 0.2) is 16.9 Å². The highest BCUT2D eigenvalue weighted by atomic mass is 16.2. The fraction of sp³-hybridized carbons (Fsp3) is 0.643. The number of H-pyrrole nitrogens is 1. The molecule has 0 saturated carbocycles. The molecule has 0 aliphatic carbocycles. The molecule has 0 spiro atoms. The van der Waals surface area contributed by atoms with Crippen molar-refractivity contribution in [1.82, 2.24) is 20.4 Å². The zero-order valence-corrected chi connectivity index (χ0v) is 12.1. The Hall–Kier alpha value is -1.69. The first-order valence-corrected chi connectivity index (χ1v) is 7.24. The SMILES string of the molecule is CCNC1CCN(C(=O)c2ccc(=O)[nH]n2)CC1CC. The topological polar surface area (TPSA) is 78.1 Å². The third-order valence-electron chi connectivity index (χ3n) is 3.91. The maximum Gasteiger partial charge on any atom is 0.274 e. The number of carbonyl (C=O) groups is 1. The van der Waals surface area contributed by atoms with Crippen LogP contribution in [0.1, 0.15) is 37.2 Å². The molecule has 20 heavy (non-hydrogen) atoms. The molecule has 2 rings (SSSR count). The van der Waals surface area contributed by atoms with Crippen LogP contribution >= 0.6 is 0 Å². The van der Waals surface area contributed by atoms with Gasteiger partial charge in [0.05, 0.1) is 0 Å². The van der Waals surface area contributed by atoms with Crippen LogP contribution < -0.4 is 10.9 Å². The van der Waals surface area contributed by atoms with Gasteiger partial charge in [0, 0.05) is 25.2 Å². The Morgan fingerprint density at radius 3 is 2.90 bits per heavy atom. The number of piperidine rings is 1. The van der Waals surface area contributed by atoms with Gasteiger partial charge >= 0.3 is 0 Å². The summed E-state index contributed by atoms with van der Waals surface area (Å²) in [5.41, 5.74) is 0.0141. The number of hydrogen-bond acceptors (Lipinski definition) is 4. The average molecular weight is 278 g/mol. The van der Waals surface area contributed by atoms with Crippen molar-refractivity contribution >= 4 is 5.91 Å². The van der Waals surface area contributed by atoms with Gasteiger partial charge in [0.25, 0.3) is 11.5 Å². The largest absolute Gasteiger partial charge is 0.337 e. The number of nitrogens with zero attached hydrogens (tertiary/aromatic N) is 2. The molecule has 2 heterocycles.